The molecular formula is C16H18Cl2N2O4. The Morgan fingerprint density at radius 1 is 1.33 bits per heavy atom. The first-order valence-corrected chi connectivity index (χ1v) is 8.15. The van der Waals surface area contributed by atoms with E-state index in [9.17, 15) is 14.7 Å². The fourth-order valence-electron chi connectivity index (χ4n) is 2.69. The molecule has 1 atom stereocenters. The molecule has 2 rings (SSSR count). The average Bonchev–Trinajstić information content (AvgIpc) is 2.76. The number of hydrogen-bond donors (Lipinski definition) is 3. The van der Waals surface area contributed by atoms with Gasteiger partial charge in [0, 0.05) is 29.7 Å². The quantitative estimate of drug-likeness (QED) is 0.635. The molecule has 1 heterocycles. The number of ketones is 1. The summed E-state index contributed by atoms with van der Waals surface area (Å²) in [4.78, 5) is 25.7. The zero-order valence-corrected chi connectivity index (χ0v) is 14.6. The summed E-state index contributed by atoms with van der Waals surface area (Å²) in [6.45, 7) is 2.29. The first kappa shape index (κ1) is 18.7. The van der Waals surface area contributed by atoms with Crippen LogP contribution in [-0.4, -0.2) is 53.0 Å². The molecule has 0 fully saturated rings. The maximum absolute atomic E-state index is 12.4. The van der Waals surface area contributed by atoms with E-state index in [1.54, 1.807) is 12.1 Å². The number of carbonyl (C=O) groups is 2. The minimum Gasteiger partial charge on any atom is -0.503 e. The van der Waals surface area contributed by atoms with Crippen LogP contribution in [0.3, 0.4) is 0 Å². The van der Waals surface area contributed by atoms with Crippen LogP contribution in [0, 0.1) is 0 Å². The van der Waals surface area contributed by atoms with Gasteiger partial charge in [-0.2, -0.15) is 0 Å². The van der Waals surface area contributed by atoms with Gasteiger partial charge in [0.15, 0.2) is 11.5 Å². The number of Topliss-reactive ketones (excluding diaryl/α,β-unsaturated/α-hetero) is 1. The van der Waals surface area contributed by atoms with E-state index in [1.807, 2.05) is 0 Å². The van der Waals surface area contributed by atoms with Crippen molar-refractivity contribution in [3.05, 3.63) is 45.1 Å². The lowest BCUT2D eigenvalue weighted by Crippen LogP contribution is -2.37. The van der Waals surface area contributed by atoms with Gasteiger partial charge in [-0.15, -0.1) is 0 Å². The first-order chi connectivity index (χ1) is 11.4. The van der Waals surface area contributed by atoms with Crippen LogP contribution in [-0.2, 0) is 9.59 Å². The molecule has 24 heavy (non-hydrogen) atoms. The molecule has 0 aliphatic carbocycles. The second-order valence-corrected chi connectivity index (χ2v) is 6.20. The maximum atomic E-state index is 12.4. The summed E-state index contributed by atoms with van der Waals surface area (Å²) in [7, 11) is 0. The number of nitrogens with one attached hydrogen (secondary N) is 1. The smallest absolute Gasteiger partial charge is 0.290 e. The van der Waals surface area contributed by atoms with E-state index in [4.69, 9.17) is 28.3 Å². The Kier molecular flexibility index (Phi) is 6.23. The van der Waals surface area contributed by atoms with Crippen molar-refractivity contribution in [3.63, 3.8) is 0 Å². The van der Waals surface area contributed by atoms with E-state index in [1.165, 1.54) is 17.9 Å². The van der Waals surface area contributed by atoms with Crippen molar-refractivity contribution in [3.8, 4) is 0 Å². The number of benzene rings is 1. The Morgan fingerprint density at radius 2 is 2.04 bits per heavy atom. The van der Waals surface area contributed by atoms with E-state index >= 15 is 0 Å². The van der Waals surface area contributed by atoms with E-state index in [-0.39, 0.29) is 18.7 Å². The zero-order chi connectivity index (χ0) is 17.9. The summed E-state index contributed by atoms with van der Waals surface area (Å²) in [5.74, 6) is -1.58. The predicted molar refractivity (Wildman–Crippen MR) is 91.2 cm³/mol. The molecule has 3 N–H and O–H groups in total. The molecule has 0 radical (unpaired) electrons. The van der Waals surface area contributed by atoms with Crippen molar-refractivity contribution >= 4 is 34.9 Å². The Bertz CT molecular complexity index is 691. The van der Waals surface area contributed by atoms with Crippen molar-refractivity contribution in [2.24, 2.45) is 0 Å². The number of rotatable bonds is 7. The largest absolute Gasteiger partial charge is 0.503 e. The van der Waals surface area contributed by atoms with Crippen molar-refractivity contribution in [2.45, 2.75) is 13.0 Å². The third-order valence-corrected chi connectivity index (χ3v) is 4.32. The van der Waals surface area contributed by atoms with Gasteiger partial charge in [-0.25, -0.2) is 0 Å². The monoisotopic (exact) mass is 372 g/mol. The molecule has 6 nitrogen and oxygen atoms in total. The van der Waals surface area contributed by atoms with Crippen molar-refractivity contribution in [1.82, 2.24) is 10.2 Å². The van der Waals surface area contributed by atoms with E-state index < -0.39 is 23.5 Å². The van der Waals surface area contributed by atoms with E-state index in [2.05, 4.69) is 5.32 Å². The molecule has 0 saturated carbocycles. The lowest BCUT2D eigenvalue weighted by atomic mass is 9.96. The van der Waals surface area contributed by atoms with E-state index in [0.717, 1.165) is 0 Å². The van der Waals surface area contributed by atoms with Crippen molar-refractivity contribution in [1.29, 1.82) is 0 Å². The van der Waals surface area contributed by atoms with Crippen molar-refractivity contribution < 1.29 is 19.8 Å². The zero-order valence-electron chi connectivity index (χ0n) is 13.1. The number of aliphatic hydroxyl groups excluding tert-OH is 2. The number of hydrogen-bond acceptors (Lipinski definition) is 5. The second-order valence-electron chi connectivity index (χ2n) is 5.36. The first-order valence-electron chi connectivity index (χ1n) is 7.40. The standard InChI is InChI=1S/C16H18Cl2N2O4/c1-9(22)13-14(11-3-2-10(17)8-12(11)18)20(16(24)15(13)23)6-4-19-5-7-21/h2-3,8,14,19,21,23H,4-7H2,1H3. The number of amides is 1. The number of halogens is 2. The van der Waals surface area contributed by atoms with Crippen LogP contribution < -0.4 is 5.32 Å². The molecule has 1 aliphatic heterocycles. The number of aliphatic hydroxyl groups is 2. The highest BCUT2D eigenvalue weighted by atomic mass is 35.5. The molecule has 1 unspecified atom stereocenters. The predicted octanol–water partition coefficient (Wildman–Crippen LogP) is 1.86. The SMILES string of the molecule is CC(=O)C1=C(O)C(=O)N(CCNCCO)C1c1ccc(Cl)cc1Cl. The minimum absolute atomic E-state index is 0.0198. The van der Waals surface area contributed by atoms with Gasteiger partial charge < -0.3 is 20.4 Å². The molecule has 0 saturated heterocycles. The lowest BCUT2D eigenvalue weighted by molar-refractivity contribution is -0.129. The summed E-state index contributed by atoms with van der Waals surface area (Å²) >= 11 is 12.1. The van der Waals surface area contributed by atoms with Crippen LogP contribution >= 0.6 is 23.2 Å². The maximum Gasteiger partial charge on any atom is 0.290 e. The second kappa shape index (κ2) is 7.98. The van der Waals surface area contributed by atoms with Gasteiger partial charge in [0.25, 0.3) is 5.91 Å². The topological polar surface area (TPSA) is 89.9 Å². The average molecular weight is 373 g/mol. The van der Waals surface area contributed by atoms with E-state index in [0.29, 0.717) is 28.7 Å². The van der Waals surface area contributed by atoms with Gasteiger partial charge in [0.05, 0.1) is 18.2 Å². The Hall–Kier alpha value is -1.60. The van der Waals surface area contributed by atoms with Gasteiger partial charge in [-0.3, -0.25) is 9.59 Å². The summed E-state index contributed by atoms with van der Waals surface area (Å²) in [6.07, 6.45) is 0. The fraction of sp³-hybridized carbons (Fsp3) is 0.375. The number of carbonyl (C=O) groups excluding carboxylic acids is 2. The van der Waals surface area contributed by atoms with Crippen LogP contribution in [0.1, 0.15) is 18.5 Å². The fourth-order valence-corrected chi connectivity index (χ4v) is 3.21. The highest BCUT2D eigenvalue weighted by Gasteiger charge is 2.42. The summed E-state index contributed by atoms with van der Waals surface area (Å²) < 4.78 is 0. The van der Waals surface area contributed by atoms with Crippen molar-refractivity contribution in [2.75, 3.05) is 26.2 Å². The van der Waals surface area contributed by atoms with Gasteiger partial charge in [0.1, 0.15) is 0 Å². The highest BCUT2D eigenvalue weighted by molar-refractivity contribution is 6.35. The molecule has 1 aromatic rings. The van der Waals surface area contributed by atoms with Gasteiger partial charge >= 0.3 is 0 Å². The summed E-state index contributed by atoms with van der Waals surface area (Å²) in [5, 5.41) is 22.6. The Balaban J connectivity index is 2.39. The molecule has 8 heteroatoms. The third-order valence-electron chi connectivity index (χ3n) is 3.76. The molecular weight excluding hydrogens is 355 g/mol. The summed E-state index contributed by atoms with van der Waals surface area (Å²) in [5.41, 5.74) is 0.539. The van der Waals surface area contributed by atoms with Crippen LogP contribution in [0.15, 0.2) is 29.5 Å². The normalized spacial score (nSPS) is 17.8. The molecule has 0 spiro atoms. The van der Waals surface area contributed by atoms with Crippen LogP contribution in [0.25, 0.3) is 0 Å². The van der Waals surface area contributed by atoms with Gasteiger partial charge in [0.2, 0.25) is 0 Å². The summed E-state index contributed by atoms with van der Waals surface area (Å²) in [6, 6.07) is 4.01. The van der Waals surface area contributed by atoms with Crippen LogP contribution in [0.2, 0.25) is 10.0 Å². The van der Waals surface area contributed by atoms with Gasteiger partial charge in [-0.1, -0.05) is 29.3 Å². The molecule has 130 valence electrons. The molecule has 1 aliphatic rings. The number of nitrogens with zero attached hydrogens (tertiary/aromatic N) is 1. The molecule has 0 bridgehead atoms. The minimum atomic E-state index is -0.768. The van der Waals surface area contributed by atoms with Crippen LogP contribution in [0.5, 0.6) is 0 Å². The molecule has 0 aromatic heterocycles. The highest BCUT2D eigenvalue weighted by Crippen LogP contribution is 2.40. The Morgan fingerprint density at radius 3 is 2.62 bits per heavy atom. The Labute approximate surface area is 149 Å². The molecule has 1 amide bonds. The van der Waals surface area contributed by atoms with Gasteiger partial charge in [-0.05, 0) is 24.6 Å². The third kappa shape index (κ3) is 3.72. The van der Waals surface area contributed by atoms with Crippen LogP contribution in [0.4, 0.5) is 0 Å². The lowest BCUT2D eigenvalue weighted by Gasteiger charge is -2.27. The molecule has 1 aromatic carbocycles.